The lowest BCUT2D eigenvalue weighted by Gasteiger charge is -2.06. The Morgan fingerprint density at radius 2 is 2.23 bits per heavy atom. The molecule has 13 heavy (non-hydrogen) atoms. The Kier molecular flexibility index (Phi) is 2.93. The van der Waals surface area contributed by atoms with Gasteiger partial charge in [-0.15, -0.1) is 0 Å². The van der Waals surface area contributed by atoms with Crippen LogP contribution in [0.2, 0.25) is 0 Å². The van der Waals surface area contributed by atoms with Crippen molar-refractivity contribution in [2.75, 3.05) is 12.8 Å². The second-order valence-corrected chi connectivity index (χ2v) is 3.09. The molecule has 0 aliphatic carbocycles. The lowest BCUT2D eigenvalue weighted by Crippen LogP contribution is -2.03. The molecule has 1 heterocycles. The van der Waals surface area contributed by atoms with Crippen LogP contribution in [-0.4, -0.2) is 16.7 Å². The number of nitrogens with zero attached hydrogens (tertiary/aromatic N) is 2. The first-order valence-corrected chi connectivity index (χ1v) is 4.45. The van der Waals surface area contributed by atoms with E-state index in [1.54, 1.807) is 7.11 Å². The third-order valence-corrected chi connectivity index (χ3v) is 2.32. The van der Waals surface area contributed by atoms with Crippen LogP contribution in [0.1, 0.15) is 31.5 Å². The summed E-state index contributed by atoms with van der Waals surface area (Å²) in [6, 6.07) is 0. The second-order valence-electron chi connectivity index (χ2n) is 3.09. The molecule has 0 fully saturated rings. The van der Waals surface area contributed by atoms with E-state index < -0.39 is 0 Å². The molecule has 0 radical (unpaired) electrons. The van der Waals surface area contributed by atoms with Crippen molar-refractivity contribution in [1.82, 2.24) is 9.55 Å². The SMILES string of the molecule is CCc1nc(C(C)OC)c(N)n1C. The minimum atomic E-state index is -0.0356. The van der Waals surface area contributed by atoms with Gasteiger partial charge in [-0.25, -0.2) is 4.98 Å². The molecule has 0 aliphatic heterocycles. The number of imidazole rings is 1. The largest absolute Gasteiger partial charge is 0.383 e. The summed E-state index contributed by atoms with van der Waals surface area (Å²) in [7, 11) is 3.58. The maximum absolute atomic E-state index is 5.88. The van der Waals surface area contributed by atoms with Crippen LogP contribution in [0.15, 0.2) is 0 Å². The van der Waals surface area contributed by atoms with E-state index in [9.17, 15) is 0 Å². The molecule has 1 aromatic heterocycles. The van der Waals surface area contributed by atoms with Crippen molar-refractivity contribution >= 4 is 5.82 Å². The standard InChI is InChI=1S/C9H17N3O/c1-5-7-11-8(6(2)13-4)9(10)12(7)3/h6H,5,10H2,1-4H3. The Bertz CT molecular complexity index is 293. The minimum Gasteiger partial charge on any atom is -0.383 e. The molecule has 74 valence electrons. The van der Waals surface area contributed by atoms with Gasteiger partial charge in [-0.1, -0.05) is 6.92 Å². The number of ether oxygens (including phenoxy) is 1. The van der Waals surface area contributed by atoms with E-state index in [0.29, 0.717) is 5.82 Å². The van der Waals surface area contributed by atoms with Crippen LogP contribution in [-0.2, 0) is 18.2 Å². The van der Waals surface area contributed by atoms with Crippen molar-refractivity contribution in [3.63, 3.8) is 0 Å². The second kappa shape index (κ2) is 3.79. The molecule has 4 nitrogen and oxygen atoms in total. The Morgan fingerprint density at radius 3 is 2.62 bits per heavy atom. The Balaban J connectivity index is 3.09. The summed E-state index contributed by atoms with van der Waals surface area (Å²) in [5.41, 5.74) is 6.71. The van der Waals surface area contributed by atoms with Gasteiger partial charge in [-0.2, -0.15) is 0 Å². The first-order valence-electron chi connectivity index (χ1n) is 4.45. The van der Waals surface area contributed by atoms with E-state index in [4.69, 9.17) is 10.5 Å². The normalized spacial score (nSPS) is 13.2. The Labute approximate surface area is 78.7 Å². The van der Waals surface area contributed by atoms with Crippen LogP contribution >= 0.6 is 0 Å². The molecule has 1 aromatic rings. The van der Waals surface area contributed by atoms with E-state index in [0.717, 1.165) is 17.9 Å². The molecule has 2 N–H and O–H groups in total. The average Bonchev–Trinajstić information content (AvgIpc) is 2.43. The fraction of sp³-hybridized carbons (Fsp3) is 0.667. The van der Waals surface area contributed by atoms with Gasteiger partial charge < -0.3 is 15.0 Å². The molecular formula is C9H17N3O. The summed E-state index contributed by atoms with van der Waals surface area (Å²) in [5.74, 6) is 1.70. The highest BCUT2D eigenvalue weighted by molar-refractivity contribution is 5.39. The monoisotopic (exact) mass is 183 g/mol. The summed E-state index contributed by atoms with van der Waals surface area (Å²) in [6.07, 6.45) is 0.850. The number of nitrogens with two attached hydrogens (primary N) is 1. The van der Waals surface area contributed by atoms with Crippen LogP contribution in [0.5, 0.6) is 0 Å². The maximum atomic E-state index is 5.88. The molecule has 0 spiro atoms. The highest BCUT2D eigenvalue weighted by Gasteiger charge is 2.15. The van der Waals surface area contributed by atoms with E-state index >= 15 is 0 Å². The average molecular weight is 183 g/mol. The highest BCUT2D eigenvalue weighted by Crippen LogP contribution is 2.22. The van der Waals surface area contributed by atoms with Gasteiger partial charge in [0.05, 0.1) is 6.10 Å². The first-order chi connectivity index (χ1) is 6.11. The van der Waals surface area contributed by atoms with Gasteiger partial charge in [0.1, 0.15) is 17.3 Å². The van der Waals surface area contributed by atoms with Crippen molar-refractivity contribution < 1.29 is 4.74 Å². The summed E-state index contributed by atoms with van der Waals surface area (Å²) in [6.45, 7) is 4.00. The van der Waals surface area contributed by atoms with Crippen LogP contribution in [0.25, 0.3) is 0 Å². The molecule has 0 aliphatic rings. The summed E-state index contributed by atoms with van der Waals surface area (Å²) in [5, 5.41) is 0. The van der Waals surface area contributed by atoms with Crippen LogP contribution in [0, 0.1) is 0 Å². The number of aryl methyl sites for hydroxylation is 1. The number of rotatable bonds is 3. The van der Waals surface area contributed by atoms with Gasteiger partial charge in [0.2, 0.25) is 0 Å². The Morgan fingerprint density at radius 1 is 1.62 bits per heavy atom. The van der Waals surface area contributed by atoms with Crippen LogP contribution in [0.4, 0.5) is 5.82 Å². The van der Waals surface area contributed by atoms with Gasteiger partial charge in [-0.3, -0.25) is 0 Å². The molecule has 0 saturated carbocycles. The number of aromatic nitrogens is 2. The molecule has 1 rings (SSSR count). The lowest BCUT2D eigenvalue weighted by atomic mass is 10.3. The summed E-state index contributed by atoms with van der Waals surface area (Å²) < 4.78 is 7.08. The highest BCUT2D eigenvalue weighted by atomic mass is 16.5. The summed E-state index contributed by atoms with van der Waals surface area (Å²) in [4.78, 5) is 4.41. The van der Waals surface area contributed by atoms with Crippen molar-refractivity contribution in [1.29, 1.82) is 0 Å². The van der Waals surface area contributed by atoms with Gasteiger partial charge in [-0.05, 0) is 6.92 Å². The van der Waals surface area contributed by atoms with Gasteiger partial charge in [0.25, 0.3) is 0 Å². The zero-order valence-electron chi connectivity index (χ0n) is 8.66. The molecule has 1 atom stereocenters. The predicted octanol–water partition coefficient (Wildman–Crippen LogP) is 1.27. The van der Waals surface area contributed by atoms with E-state index in [2.05, 4.69) is 11.9 Å². The number of anilines is 1. The van der Waals surface area contributed by atoms with Crippen molar-refractivity contribution in [3.05, 3.63) is 11.5 Å². The fourth-order valence-corrected chi connectivity index (χ4v) is 1.31. The lowest BCUT2D eigenvalue weighted by molar-refractivity contribution is 0.117. The van der Waals surface area contributed by atoms with Crippen molar-refractivity contribution in [2.45, 2.75) is 26.4 Å². The number of hydrogen-bond donors (Lipinski definition) is 1. The van der Waals surface area contributed by atoms with E-state index in [1.807, 2.05) is 18.5 Å². The molecular weight excluding hydrogens is 166 g/mol. The fourth-order valence-electron chi connectivity index (χ4n) is 1.31. The number of methoxy groups -OCH3 is 1. The topological polar surface area (TPSA) is 53.1 Å². The van der Waals surface area contributed by atoms with Crippen LogP contribution < -0.4 is 5.73 Å². The number of nitrogen functional groups attached to an aromatic ring is 1. The zero-order chi connectivity index (χ0) is 10.0. The molecule has 0 bridgehead atoms. The molecule has 1 unspecified atom stereocenters. The third-order valence-electron chi connectivity index (χ3n) is 2.32. The van der Waals surface area contributed by atoms with Gasteiger partial charge >= 0.3 is 0 Å². The van der Waals surface area contributed by atoms with E-state index in [-0.39, 0.29) is 6.10 Å². The van der Waals surface area contributed by atoms with Gasteiger partial charge in [0.15, 0.2) is 0 Å². The van der Waals surface area contributed by atoms with Crippen molar-refractivity contribution in [3.8, 4) is 0 Å². The molecule has 0 aromatic carbocycles. The number of hydrogen-bond acceptors (Lipinski definition) is 3. The quantitative estimate of drug-likeness (QED) is 0.767. The molecule has 0 saturated heterocycles. The Hall–Kier alpha value is -1.03. The van der Waals surface area contributed by atoms with Crippen LogP contribution in [0.3, 0.4) is 0 Å². The summed E-state index contributed by atoms with van der Waals surface area (Å²) >= 11 is 0. The smallest absolute Gasteiger partial charge is 0.129 e. The molecule has 0 amide bonds. The molecule has 4 heteroatoms. The van der Waals surface area contributed by atoms with Crippen molar-refractivity contribution in [2.24, 2.45) is 7.05 Å². The maximum Gasteiger partial charge on any atom is 0.129 e. The first kappa shape index (κ1) is 10.1. The minimum absolute atomic E-state index is 0.0356. The zero-order valence-corrected chi connectivity index (χ0v) is 8.66. The van der Waals surface area contributed by atoms with Gasteiger partial charge in [0, 0.05) is 20.6 Å². The third kappa shape index (κ3) is 1.67. The van der Waals surface area contributed by atoms with E-state index in [1.165, 1.54) is 0 Å². The predicted molar refractivity (Wildman–Crippen MR) is 52.4 cm³/mol.